The van der Waals surface area contributed by atoms with Crippen LogP contribution >= 0.6 is 0 Å². The summed E-state index contributed by atoms with van der Waals surface area (Å²) in [4.78, 5) is 14.2. The fourth-order valence-corrected chi connectivity index (χ4v) is 2.44. The number of rotatable bonds is 1. The molecule has 0 radical (unpaired) electrons. The minimum Gasteiger partial charge on any atom is -0.545 e. The molecule has 1 aromatic carbocycles. The van der Waals surface area contributed by atoms with Gasteiger partial charge in [0.15, 0.2) is 0 Å². The number of hydrogen-bond donors (Lipinski definition) is 2. The van der Waals surface area contributed by atoms with E-state index in [1.54, 1.807) is 12.1 Å². The maximum absolute atomic E-state index is 11.0. The Bertz CT molecular complexity index is 572. The molecule has 16 heavy (non-hydrogen) atoms. The zero-order valence-electron chi connectivity index (χ0n) is 8.75. The van der Waals surface area contributed by atoms with E-state index in [1.165, 1.54) is 11.3 Å². The first kappa shape index (κ1) is 9.42. The number of carboxylic acid groups (broad SMARTS) is 1. The zero-order chi connectivity index (χ0) is 11.1. The summed E-state index contributed by atoms with van der Waals surface area (Å²) in [6.07, 6.45) is 0.969. The number of carbonyl (C=O) groups is 1. The van der Waals surface area contributed by atoms with E-state index in [9.17, 15) is 9.90 Å². The van der Waals surface area contributed by atoms with Crippen molar-refractivity contribution in [2.24, 2.45) is 0 Å². The molecule has 1 aliphatic heterocycles. The van der Waals surface area contributed by atoms with Gasteiger partial charge in [0.25, 0.3) is 0 Å². The molecule has 1 aromatic heterocycles. The SMILES string of the molecule is O=C([O-])c1cccc2c3c([nH]c12)CC[NH2+]C3. The van der Waals surface area contributed by atoms with Gasteiger partial charge in [0.2, 0.25) is 0 Å². The average Bonchev–Trinajstić information content (AvgIpc) is 2.67. The van der Waals surface area contributed by atoms with Crippen LogP contribution in [0.3, 0.4) is 0 Å². The lowest BCUT2D eigenvalue weighted by Crippen LogP contribution is -2.84. The lowest BCUT2D eigenvalue weighted by molar-refractivity contribution is -0.673. The van der Waals surface area contributed by atoms with Crippen molar-refractivity contribution < 1.29 is 15.2 Å². The van der Waals surface area contributed by atoms with E-state index in [-0.39, 0.29) is 5.56 Å². The fraction of sp³-hybridized carbons (Fsp3) is 0.250. The molecule has 0 spiro atoms. The van der Waals surface area contributed by atoms with Crippen LogP contribution in [-0.2, 0) is 13.0 Å². The average molecular weight is 216 g/mol. The molecular formula is C12H12N2O2. The molecule has 2 aromatic rings. The van der Waals surface area contributed by atoms with Crippen LogP contribution in [0.5, 0.6) is 0 Å². The highest BCUT2D eigenvalue weighted by Gasteiger charge is 2.18. The summed E-state index contributed by atoms with van der Waals surface area (Å²) in [6, 6.07) is 5.33. The molecule has 4 heteroatoms. The molecular weight excluding hydrogens is 204 g/mol. The number of nitrogens with one attached hydrogen (secondary N) is 1. The van der Waals surface area contributed by atoms with Gasteiger partial charge in [0.05, 0.1) is 18.0 Å². The third-order valence-corrected chi connectivity index (χ3v) is 3.20. The molecule has 0 saturated carbocycles. The van der Waals surface area contributed by atoms with Gasteiger partial charge in [0, 0.05) is 28.6 Å². The fourth-order valence-electron chi connectivity index (χ4n) is 2.44. The quantitative estimate of drug-likeness (QED) is 0.651. The molecule has 3 N–H and O–H groups in total. The largest absolute Gasteiger partial charge is 0.545 e. The Labute approximate surface area is 92.3 Å². The van der Waals surface area contributed by atoms with E-state index in [2.05, 4.69) is 10.3 Å². The van der Waals surface area contributed by atoms with Crippen LogP contribution in [0.4, 0.5) is 0 Å². The Morgan fingerprint density at radius 1 is 1.44 bits per heavy atom. The van der Waals surface area contributed by atoms with E-state index in [4.69, 9.17) is 0 Å². The van der Waals surface area contributed by atoms with E-state index in [1.807, 2.05) is 6.07 Å². The number of aromatic carboxylic acids is 1. The highest BCUT2D eigenvalue weighted by atomic mass is 16.4. The minimum atomic E-state index is -1.12. The Kier molecular flexibility index (Phi) is 1.97. The van der Waals surface area contributed by atoms with Crippen LogP contribution < -0.4 is 10.4 Å². The second-order valence-corrected chi connectivity index (χ2v) is 4.13. The highest BCUT2D eigenvalue weighted by Crippen LogP contribution is 2.25. The van der Waals surface area contributed by atoms with Crippen molar-refractivity contribution >= 4 is 16.9 Å². The lowest BCUT2D eigenvalue weighted by atomic mass is 10.0. The topological polar surface area (TPSA) is 72.5 Å². The van der Waals surface area contributed by atoms with Crippen molar-refractivity contribution in [3.05, 3.63) is 35.0 Å². The van der Waals surface area contributed by atoms with E-state index >= 15 is 0 Å². The molecule has 0 amide bonds. The molecule has 4 nitrogen and oxygen atoms in total. The number of fused-ring (bicyclic) bond motifs is 3. The zero-order valence-corrected chi connectivity index (χ0v) is 8.75. The molecule has 0 saturated heterocycles. The van der Waals surface area contributed by atoms with Gasteiger partial charge < -0.3 is 20.2 Å². The predicted octanol–water partition coefficient (Wildman–Crippen LogP) is -0.849. The number of carbonyl (C=O) groups excluding carboxylic acids is 1. The predicted molar refractivity (Wildman–Crippen MR) is 56.8 cm³/mol. The van der Waals surface area contributed by atoms with Crippen molar-refractivity contribution in [1.82, 2.24) is 4.98 Å². The Hall–Kier alpha value is -1.81. The Morgan fingerprint density at radius 2 is 2.31 bits per heavy atom. The molecule has 0 bridgehead atoms. The number of quaternary nitrogens is 1. The maximum atomic E-state index is 11.0. The van der Waals surface area contributed by atoms with E-state index in [0.29, 0.717) is 5.52 Å². The van der Waals surface area contributed by atoms with Crippen LogP contribution in [0, 0.1) is 0 Å². The van der Waals surface area contributed by atoms with Crippen molar-refractivity contribution in [1.29, 1.82) is 0 Å². The Balaban J connectivity index is 2.33. The van der Waals surface area contributed by atoms with Crippen LogP contribution in [0.25, 0.3) is 10.9 Å². The van der Waals surface area contributed by atoms with Gasteiger partial charge >= 0.3 is 0 Å². The third-order valence-electron chi connectivity index (χ3n) is 3.20. The van der Waals surface area contributed by atoms with Gasteiger partial charge in [-0.25, -0.2) is 0 Å². The Morgan fingerprint density at radius 3 is 3.12 bits per heavy atom. The number of H-pyrrole nitrogens is 1. The highest BCUT2D eigenvalue weighted by molar-refractivity contribution is 6.02. The number of para-hydroxylation sites is 1. The molecule has 3 rings (SSSR count). The molecule has 0 atom stereocenters. The molecule has 0 fully saturated rings. The number of carboxylic acids is 1. The van der Waals surface area contributed by atoms with Gasteiger partial charge in [-0.15, -0.1) is 0 Å². The monoisotopic (exact) mass is 216 g/mol. The lowest BCUT2D eigenvalue weighted by Gasteiger charge is -2.09. The van der Waals surface area contributed by atoms with E-state index < -0.39 is 5.97 Å². The normalized spacial score (nSPS) is 15.0. The third kappa shape index (κ3) is 1.23. The first-order chi connectivity index (χ1) is 7.77. The molecule has 1 aliphatic rings. The van der Waals surface area contributed by atoms with Crippen molar-refractivity contribution in [2.75, 3.05) is 6.54 Å². The maximum Gasteiger partial charge on any atom is 0.104 e. The number of hydrogen-bond acceptors (Lipinski definition) is 2. The summed E-state index contributed by atoms with van der Waals surface area (Å²) in [7, 11) is 0. The number of aromatic amines is 1. The van der Waals surface area contributed by atoms with Gasteiger partial charge in [-0.05, 0) is 0 Å². The van der Waals surface area contributed by atoms with E-state index in [0.717, 1.165) is 24.9 Å². The molecule has 0 aliphatic carbocycles. The minimum absolute atomic E-state index is 0.256. The van der Waals surface area contributed by atoms with Crippen molar-refractivity contribution in [2.45, 2.75) is 13.0 Å². The molecule has 0 unspecified atom stereocenters. The van der Waals surface area contributed by atoms with Gasteiger partial charge in [-0.1, -0.05) is 18.2 Å². The first-order valence-corrected chi connectivity index (χ1v) is 5.43. The van der Waals surface area contributed by atoms with Crippen LogP contribution in [0.15, 0.2) is 18.2 Å². The van der Waals surface area contributed by atoms with Crippen LogP contribution in [0.2, 0.25) is 0 Å². The summed E-state index contributed by atoms with van der Waals surface area (Å²) in [6.45, 7) is 1.98. The number of benzene rings is 1. The summed E-state index contributed by atoms with van der Waals surface area (Å²) < 4.78 is 0. The van der Waals surface area contributed by atoms with Crippen LogP contribution in [0.1, 0.15) is 21.6 Å². The second kappa shape index (κ2) is 3.35. The van der Waals surface area contributed by atoms with Crippen molar-refractivity contribution in [3.63, 3.8) is 0 Å². The number of aromatic nitrogens is 1. The van der Waals surface area contributed by atoms with Gasteiger partial charge in [-0.3, -0.25) is 0 Å². The van der Waals surface area contributed by atoms with Gasteiger partial charge in [-0.2, -0.15) is 0 Å². The van der Waals surface area contributed by atoms with Crippen LogP contribution in [-0.4, -0.2) is 17.5 Å². The summed E-state index contributed by atoms with van der Waals surface area (Å²) >= 11 is 0. The smallest absolute Gasteiger partial charge is 0.104 e. The molecule has 82 valence electrons. The molecule has 2 heterocycles. The first-order valence-electron chi connectivity index (χ1n) is 5.43. The standard InChI is InChI=1S/C12H12N2O2/c15-12(16)8-3-1-2-7-9-6-13-5-4-10(9)14-11(7)8/h1-3,13-14H,4-6H2,(H,15,16). The van der Waals surface area contributed by atoms with Gasteiger partial charge in [0.1, 0.15) is 6.54 Å². The summed E-state index contributed by atoms with van der Waals surface area (Å²) in [5, 5.41) is 14.2. The van der Waals surface area contributed by atoms with Crippen molar-refractivity contribution in [3.8, 4) is 0 Å². The second-order valence-electron chi connectivity index (χ2n) is 4.13. The summed E-state index contributed by atoms with van der Waals surface area (Å²) in [5.74, 6) is -1.12. The number of nitrogens with two attached hydrogens (primary N) is 1. The summed E-state index contributed by atoms with van der Waals surface area (Å²) in [5.41, 5.74) is 3.38.